The third-order valence-electron chi connectivity index (χ3n) is 5.13. The first-order valence-corrected chi connectivity index (χ1v) is 11.1. The van der Waals surface area contributed by atoms with E-state index < -0.39 is 0 Å². The van der Waals surface area contributed by atoms with E-state index in [-0.39, 0.29) is 5.75 Å². The maximum absolute atomic E-state index is 10.6. The van der Waals surface area contributed by atoms with Crippen LogP contribution in [0.3, 0.4) is 0 Å². The van der Waals surface area contributed by atoms with Crippen LogP contribution >= 0.6 is 11.8 Å². The topological polar surface area (TPSA) is 46.0 Å². The van der Waals surface area contributed by atoms with Crippen molar-refractivity contribution < 1.29 is 5.11 Å². The monoisotopic (exact) mass is 432 g/mol. The maximum Gasteiger partial charge on any atom is 0.124 e. The van der Waals surface area contributed by atoms with Gasteiger partial charge in [-0.25, -0.2) is 9.97 Å². The Hall–Kier alpha value is -3.89. The summed E-state index contributed by atoms with van der Waals surface area (Å²) in [5.74, 6) is 0.216. The van der Waals surface area contributed by atoms with E-state index in [0.29, 0.717) is 5.56 Å². The Balaban J connectivity index is 1.60. The highest BCUT2D eigenvalue weighted by atomic mass is 32.2. The van der Waals surface area contributed by atoms with Crippen LogP contribution in [0.5, 0.6) is 5.75 Å². The molecule has 0 bridgehead atoms. The summed E-state index contributed by atoms with van der Waals surface area (Å²) in [5, 5.41) is 11.5. The van der Waals surface area contributed by atoms with E-state index in [2.05, 4.69) is 41.4 Å². The first-order valence-electron chi connectivity index (χ1n) is 10.3. The number of benzene rings is 3. The average Bonchev–Trinajstić information content (AvgIpc) is 2.85. The summed E-state index contributed by atoms with van der Waals surface area (Å²) in [7, 11) is 0. The molecule has 0 fully saturated rings. The van der Waals surface area contributed by atoms with Crippen molar-refractivity contribution in [3.63, 3.8) is 0 Å². The largest absolute Gasteiger partial charge is 0.507 e. The minimum Gasteiger partial charge on any atom is -0.507 e. The van der Waals surface area contributed by atoms with Gasteiger partial charge in [-0.05, 0) is 48.0 Å². The summed E-state index contributed by atoms with van der Waals surface area (Å²) in [6.07, 6.45) is 1.80. The molecule has 154 valence electrons. The Morgan fingerprint density at radius 1 is 0.625 bits per heavy atom. The lowest BCUT2D eigenvalue weighted by atomic mass is 9.97. The van der Waals surface area contributed by atoms with E-state index in [0.717, 1.165) is 38.0 Å². The Bertz CT molecular complexity index is 1350. The number of aromatic nitrogens is 2. The average molecular weight is 433 g/mol. The third-order valence-corrected chi connectivity index (χ3v) is 6.07. The van der Waals surface area contributed by atoms with Crippen LogP contribution < -0.4 is 0 Å². The van der Waals surface area contributed by atoms with Gasteiger partial charge in [0, 0.05) is 27.8 Å². The maximum atomic E-state index is 10.6. The van der Waals surface area contributed by atoms with Gasteiger partial charge in [-0.3, -0.25) is 0 Å². The molecule has 0 spiro atoms. The second kappa shape index (κ2) is 9.08. The van der Waals surface area contributed by atoms with Crippen molar-refractivity contribution in [3.8, 4) is 39.4 Å². The van der Waals surface area contributed by atoms with Gasteiger partial charge in [0.1, 0.15) is 10.8 Å². The highest BCUT2D eigenvalue weighted by Crippen LogP contribution is 2.37. The Kier molecular flexibility index (Phi) is 5.69. The van der Waals surface area contributed by atoms with E-state index in [1.165, 1.54) is 0 Å². The molecule has 0 aliphatic heterocycles. The molecular formula is C28H20N2OS. The number of hydrogen-bond acceptors (Lipinski definition) is 4. The Morgan fingerprint density at radius 2 is 1.41 bits per heavy atom. The summed E-state index contributed by atoms with van der Waals surface area (Å²) in [6.45, 7) is 0. The van der Waals surface area contributed by atoms with Crippen molar-refractivity contribution in [2.45, 2.75) is 9.92 Å². The number of phenolic OH excluding ortho intramolecular Hbond substituents is 1. The molecule has 0 unspecified atom stereocenters. The summed E-state index contributed by atoms with van der Waals surface area (Å²) in [6, 6.07) is 35.8. The zero-order chi connectivity index (χ0) is 21.8. The summed E-state index contributed by atoms with van der Waals surface area (Å²) < 4.78 is 0. The molecule has 4 heteroatoms. The van der Waals surface area contributed by atoms with Crippen LogP contribution in [0.4, 0.5) is 0 Å². The van der Waals surface area contributed by atoms with E-state index in [1.54, 1.807) is 24.0 Å². The highest BCUT2D eigenvalue weighted by Gasteiger charge is 2.14. The smallest absolute Gasteiger partial charge is 0.124 e. The molecule has 32 heavy (non-hydrogen) atoms. The minimum atomic E-state index is 0.216. The van der Waals surface area contributed by atoms with Crippen LogP contribution in [-0.2, 0) is 0 Å². The highest BCUT2D eigenvalue weighted by molar-refractivity contribution is 7.99. The number of nitrogens with zero attached hydrogens (tertiary/aromatic N) is 2. The molecular weight excluding hydrogens is 412 g/mol. The predicted octanol–water partition coefficient (Wildman–Crippen LogP) is 7.33. The van der Waals surface area contributed by atoms with Crippen LogP contribution in [0.2, 0.25) is 0 Å². The van der Waals surface area contributed by atoms with Gasteiger partial charge in [-0.15, -0.1) is 0 Å². The van der Waals surface area contributed by atoms with Crippen LogP contribution in [0, 0.1) is 0 Å². The van der Waals surface area contributed by atoms with Crippen LogP contribution in [0.15, 0.2) is 125 Å². The van der Waals surface area contributed by atoms with Gasteiger partial charge < -0.3 is 5.11 Å². The number of aromatic hydroxyl groups is 1. The number of phenols is 1. The molecule has 0 saturated carbocycles. The van der Waals surface area contributed by atoms with Gasteiger partial charge in [0.15, 0.2) is 0 Å². The van der Waals surface area contributed by atoms with Crippen molar-refractivity contribution in [3.05, 3.63) is 115 Å². The number of rotatable bonds is 5. The summed E-state index contributed by atoms with van der Waals surface area (Å²) in [5.41, 5.74) is 5.38. The predicted molar refractivity (Wildman–Crippen MR) is 131 cm³/mol. The van der Waals surface area contributed by atoms with Crippen LogP contribution in [0.25, 0.3) is 33.6 Å². The van der Waals surface area contributed by atoms with Gasteiger partial charge in [0.2, 0.25) is 0 Å². The molecule has 2 heterocycles. The number of pyridine rings is 2. The molecule has 0 saturated heterocycles. The van der Waals surface area contributed by atoms with E-state index in [1.807, 2.05) is 66.7 Å². The molecule has 1 N–H and O–H groups in total. The molecule has 2 aromatic heterocycles. The zero-order valence-electron chi connectivity index (χ0n) is 17.2. The molecule has 5 rings (SSSR count). The molecule has 3 nitrogen and oxygen atoms in total. The van der Waals surface area contributed by atoms with Crippen molar-refractivity contribution in [2.24, 2.45) is 0 Å². The molecule has 5 aromatic rings. The molecule has 3 aromatic carbocycles. The van der Waals surface area contributed by atoms with Crippen molar-refractivity contribution >= 4 is 11.8 Å². The zero-order valence-corrected chi connectivity index (χ0v) is 18.0. The normalized spacial score (nSPS) is 10.8. The minimum absolute atomic E-state index is 0.216. The molecule has 0 aliphatic rings. The fourth-order valence-corrected chi connectivity index (χ4v) is 4.43. The van der Waals surface area contributed by atoms with Crippen molar-refractivity contribution in [1.29, 1.82) is 0 Å². The fraction of sp³-hybridized carbons (Fsp3) is 0. The first kappa shape index (κ1) is 20.0. The fourth-order valence-electron chi connectivity index (χ4n) is 3.60. The first-order chi connectivity index (χ1) is 15.8. The summed E-state index contributed by atoms with van der Waals surface area (Å²) >= 11 is 1.62. The second-order valence-corrected chi connectivity index (χ2v) is 8.37. The van der Waals surface area contributed by atoms with Gasteiger partial charge in [-0.1, -0.05) is 78.5 Å². The van der Waals surface area contributed by atoms with Gasteiger partial charge in [-0.2, -0.15) is 0 Å². The lowest BCUT2D eigenvalue weighted by Crippen LogP contribution is -1.93. The van der Waals surface area contributed by atoms with Crippen molar-refractivity contribution in [2.75, 3.05) is 0 Å². The molecule has 0 atom stereocenters. The lowest BCUT2D eigenvalue weighted by Gasteiger charge is -2.13. The van der Waals surface area contributed by atoms with E-state index in [4.69, 9.17) is 4.98 Å². The lowest BCUT2D eigenvalue weighted by molar-refractivity contribution is 0.477. The Labute approximate surface area is 191 Å². The summed E-state index contributed by atoms with van der Waals surface area (Å²) in [4.78, 5) is 10.5. The molecule has 0 amide bonds. The van der Waals surface area contributed by atoms with Crippen LogP contribution in [0.1, 0.15) is 0 Å². The quantitative estimate of drug-likeness (QED) is 0.316. The second-order valence-electron chi connectivity index (χ2n) is 7.27. The molecule has 0 radical (unpaired) electrons. The van der Waals surface area contributed by atoms with Gasteiger partial charge >= 0.3 is 0 Å². The van der Waals surface area contributed by atoms with Crippen molar-refractivity contribution in [1.82, 2.24) is 9.97 Å². The molecule has 0 aliphatic carbocycles. The SMILES string of the molecule is Oc1ccccc1-c1nc(-c2cccc(Sc3ccccn3)c2)ccc1-c1ccccc1. The third kappa shape index (κ3) is 4.27. The Morgan fingerprint density at radius 3 is 2.22 bits per heavy atom. The number of para-hydroxylation sites is 1. The standard InChI is InChI=1S/C28H20N2OS/c31-26-14-5-4-13-24(26)28-23(20-9-2-1-3-10-20)16-17-25(30-28)21-11-8-12-22(19-21)32-27-15-6-7-18-29-27/h1-19,31H. The number of hydrogen-bond donors (Lipinski definition) is 1. The van der Waals surface area contributed by atoms with E-state index >= 15 is 0 Å². The van der Waals surface area contributed by atoms with Gasteiger partial charge in [0.25, 0.3) is 0 Å². The van der Waals surface area contributed by atoms with Gasteiger partial charge in [0.05, 0.1) is 11.4 Å². The van der Waals surface area contributed by atoms with Crippen LogP contribution in [-0.4, -0.2) is 15.1 Å². The van der Waals surface area contributed by atoms with E-state index in [9.17, 15) is 5.11 Å².